The highest BCUT2D eigenvalue weighted by molar-refractivity contribution is 7.92. The van der Waals surface area contributed by atoms with Gasteiger partial charge >= 0.3 is 0 Å². The number of aliphatic hydroxyl groups excluding tert-OH is 1. The molecule has 1 heterocycles. The molecule has 0 saturated heterocycles. The molecule has 35 heavy (non-hydrogen) atoms. The molecule has 0 amide bonds. The van der Waals surface area contributed by atoms with Gasteiger partial charge in [-0.2, -0.15) is 0 Å². The lowest BCUT2D eigenvalue weighted by molar-refractivity contribution is 0.147. The quantitative estimate of drug-likeness (QED) is 0.440. The zero-order chi connectivity index (χ0) is 25.5. The van der Waals surface area contributed by atoms with Crippen LogP contribution in [0.25, 0.3) is 11.6 Å². The van der Waals surface area contributed by atoms with E-state index >= 15 is 0 Å². The van der Waals surface area contributed by atoms with Gasteiger partial charge in [0.05, 0.1) is 34.9 Å². The second-order valence-electron chi connectivity index (χ2n) is 8.42. The minimum Gasteiger partial charge on any atom is -0.494 e. The highest BCUT2D eigenvalue weighted by Crippen LogP contribution is 2.38. The van der Waals surface area contributed by atoms with Crippen molar-refractivity contribution in [3.05, 3.63) is 87.9 Å². The first kappa shape index (κ1) is 25.2. The summed E-state index contributed by atoms with van der Waals surface area (Å²) in [7, 11) is -2.94. The molecule has 2 atom stereocenters. The van der Waals surface area contributed by atoms with Gasteiger partial charge in [0.1, 0.15) is 5.82 Å². The number of rotatable bonds is 5. The number of sulfonamides is 1. The summed E-state index contributed by atoms with van der Waals surface area (Å²) in [4.78, 5) is -0.169. The van der Waals surface area contributed by atoms with Crippen LogP contribution >= 0.6 is 11.6 Å². The van der Waals surface area contributed by atoms with Crippen LogP contribution in [0.2, 0.25) is 5.02 Å². The van der Waals surface area contributed by atoms with Gasteiger partial charge in [-0.25, -0.2) is 17.2 Å². The number of hydrogen-bond donors (Lipinski definition) is 1. The van der Waals surface area contributed by atoms with E-state index in [1.54, 1.807) is 44.2 Å². The largest absolute Gasteiger partial charge is 0.494 e. The Labute approximate surface area is 208 Å². The normalized spacial score (nSPS) is 18.4. The zero-order valence-corrected chi connectivity index (χ0v) is 20.9. The fraction of sp³-hybridized carbons (Fsp3) is 0.231. The predicted molar refractivity (Wildman–Crippen MR) is 133 cm³/mol. The molecule has 3 aromatic carbocycles. The van der Waals surface area contributed by atoms with Crippen molar-refractivity contribution in [2.45, 2.75) is 37.3 Å². The fourth-order valence-corrected chi connectivity index (χ4v) is 6.32. The number of benzene rings is 3. The molecule has 9 heteroatoms. The smallest absolute Gasteiger partial charge is 0.264 e. The van der Waals surface area contributed by atoms with Crippen molar-refractivity contribution in [1.82, 2.24) is 0 Å². The van der Waals surface area contributed by atoms with Gasteiger partial charge in [-0.1, -0.05) is 35.9 Å². The number of methoxy groups -OCH3 is 1. The number of fused-ring (bicyclic) bond motifs is 1. The molecule has 0 fully saturated rings. The van der Waals surface area contributed by atoms with Crippen molar-refractivity contribution < 1.29 is 27.0 Å². The molecule has 0 saturated carbocycles. The monoisotopic (exact) mass is 519 g/mol. The molecule has 184 valence electrons. The maximum absolute atomic E-state index is 14.4. The predicted octanol–water partition coefficient (Wildman–Crippen LogP) is 5.69. The number of hydrogen-bond acceptors (Lipinski definition) is 4. The zero-order valence-electron chi connectivity index (χ0n) is 19.3. The maximum Gasteiger partial charge on any atom is 0.264 e. The second kappa shape index (κ2) is 9.60. The van der Waals surface area contributed by atoms with E-state index in [0.29, 0.717) is 22.4 Å². The van der Waals surface area contributed by atoms with Crippen LogP contribution in [0.3, 0.4) is 0 Å². The molecular formula is C26H24ClF2NO4S. The Bertz CT molecular complexity index is 1400. The fourth-order valence-electron chi connectivity index (χ4n) is 4.28. The first-order valence-corrected chi connectivity index (χ1v) is 12.7. The van der Waals surface area contributed by atoms with Crippen LogP contribution in [-0.4, -0.2) is 32.8 Å². The third-order valence-electron chi connectivity index (χ3n) is 6.12. The number of halogens is 3. The lowest BCUT2D eigenvalue weighted by Gasteiger charge is -2.39. The van der Waals surface area contributed by atoms with Crippen molar-refractivity contribution >= 4 is 39.0 Å². The van der Waals surface area contributed by atoms with E-state index in [4.69, 9.17) is 16.3 Å². The highest BCUT2D eigenvalue weighted by Gasteiger charge is 2.38. The van der Waals surface area contributed by atoms with Crippen molar-refractivity contribution in [3.63, 3.8) is 0 Å². The molecule has 0 spiro atoms. The molecule has 0 bridgehead atoms. The Morgan fingerprint density at radius 3 is 2.57 bits per heavy atom. The van der Waals surface area contributed by atoms with Gasteiger partial charge in [0.25, 0.3) is 10.0 Å². The minimum atomic E-state index is -4.19. The van der Waals surface area contributed by atoms with Gasteiger partial charge in [-0.3, -0.25) is 4.31 Å². The summed E-state index contributed by atoms with van der Waals surface area (Å²) in [6.45, 7) is 3.33. The lowest BCUT2D eigenvalue weighted by Crippen LogP contribution is -2.49. The van der Waals surface area contributed by atoms with Crippen LogP contribution in [0.15, 0.2) is 59.5 Å². The first-order valence-electron chi connectivity index (χ1n) is 10.9. The van der Waals surface area contributed by atoms with Gasteiger partial charge in [0.15, 0.2) is 11.6 Å². The average Bonchev–Trinajstić information content (AvgIpc) is 2.80. The number of aliphatic hydroxyl groups is 1. The molecule has 1 aliphatic heterocycles. The van der Waals surface area contributed by atoms with E-state index in [0.717, 1.165) is 22.5 Å². The lowest BCUT2D eigenvalue weighted by atomic mass is 9.94. The van der Waals surface area contributed by atoms with Gasteiger partial charge < -0.3 is 9.84 Å². The Balaban J connectivity index is 1.83. The molecule has 0 aliphatic carbocycles. The molecule has 0 aromatic heterocycles. The van der Waals surface area contributed by atoms with E-state index in [-0.39, 0.29) is 27.7 Å². The highest BCUT2D eigenvalue weighted by atomic mass is 35.5. The summed E-state index contributed by atoms with van der Waals surface area (Å²) in [6.07, 6.45) is 1.03. The van der Waals surface area contributed by atoms with Crippen LogP contribution in [0, 0.1) is 11.6 Å². The van der Waals surface area contributed by atoms with E-state index in [1.807, 2.05) is 0 Å². The van der Waals surface area contributed by atoms with Crippen LogP contribution in [0.5, 0.6) is 5.75 Å². The molecule has 0 unspecified atom stereocenters. The minimum absolute atomic E-state index is 0.169. The van der Waals surface area contributed by atoms with E-state index in [2.05, 4.69) is 0 Å². The van der Waals surface area contributed by atoms with Crippen LogP contribution in [0.4, 0.5) is 14.5 Å². The van der Waals surface area contributed by atoms with Gasteiger partial charge in [-0.15, -0.1) is 0 Å². The summed E-state index contributed by atoms with van der Waals surface area (Å²) in [5.41, 5.74) is 2.47. The molecular weight excluding hydrogens is 496 g/mol. The van der Waals surface area contributed by atoms with Crippen molar-refractivity contribution in [2.24, 2.45) is 0 Å². The standard InChI is InChI=1S/C26H24ClF2NO4S/c1-15(26-20(27)5-4-6-22(26)29)11-17-7-8-18-13-24(31)16(2)30(23(18)12-17)35(32,33)19-9-10-21(28)25(14-19)34-3/h4-12,14,16,24,31H,13H2,1-3H3/b15-11+/t16-,24-/m1/s1. The first-order chi connectivity index (χ1) is 16.5. The topological polar surface area (TPSA) is 66.8 Å². The van der Waals surface area contributed by atoms with Gasteiger partial charge in [0.2, 0.25) is 0 Å². The third kappa shape index (κ3) is 4.66. The Hall–Kier alpha value is -2.94. The summed E-state index contributed by atoms with van der Waals surface area (Å²) in [5, 5.41) is 10.9. The van der Waals surface area contributed by atoms with E-state index in [9.17, 15) is 22.3 Å². The van der Waals surface area contributed by atoms with E-state index < -0.39 is 33.8 Å². The van der Waals surface area contributed by atoms with Gasteiger partial charge in [0, 0.05) is 18.1 Å². The molecule has 5 nitrogen and oxygen atoms in total. The maximum atomic E-state index is 14.4. The van der Waals surface area contributed by atoms with Crippen LogP contribution in [0.1, 0.15) is 30.5 Å². The van der Waals surface area contributed by atoms with Crippen molar-refractivity contribution in [1.29, 1.82) is 0 Å². The van der Waals surface area contributed by atoms with E-state index in [1.165, 1.54) is 19.2 Å². The summed E-state index contributed by atoms with van der Waals surface area (Å²) >= 11 is 6.19. The van der Waals surface area contributed by atoms with Crippen LogP contribution in [-0.2, 0) is 16.4 Å². The molecule has 1 aliphatic rings. The van der Waals surface area contributed by atoms with Crippen molar-refractivity contribution in [2.75, 3.05) is 11.4 Å². The number of nitrogens with zero attached hydrogens (tertiary/aromatic N) is 1. The van der Waals surface area contributed by atoms with Gasteiger partial charge in [-0.05, 0) is 60.9 Å². The van der Waals surface area contributed by atoms with Crippen LogP contribution < -0.4 is 9.04 Å². The number of allylic oxidation sites excluding steroid dienone is 1. The summed E-state index contributed by atoms with van der Waals surface area (Å²) in [5.74, 6) is -1.35. The Kier molecular flexibility index (Phi) is 6.90. The average molecular weight is 520 g/mol. The van der Waals surface area contributed by atoms with Crippen molar-refractivity contribution in [3.8, 4) is 5.75 Å². The molecule has 3 aromatic rings. The molecule has 4 rings (SSSR count). The molecule has 1 N–H and O–H groups in total. The Morgan fingerprint density at radius 1 is 1.14 bits per heavy atom. The summed E-state index contributed by atoms with van der Waals surface area (Å²) < 4.78 is 61.8. The SMILES string of the molecule is COc1cc(S(=O)(=O)N2c3cc(/C=C(\C)c4c(F)cccc4Cl)ccc3C[C@@H](O)[C@H]2C)ccc1F. The number of anilines is 1. The second-order valence-corrected chi connectivity index (χ2v) is 10.6. The third-order valence-corrected chi connectivity index (χ3v) is 8.33. The molecule has 0 radical (unpaired) electrons. The summed E-state index contributed by atoms with van der Waals surface area (Å²) in [6, 6.07) is 12.1. The Morgan fingerprint density at radius 2 is 1.89 bits per heavy atom. The number of ether oxygens (including phenoxy) is 1.